The zero-order chi connectivity index (χ0) is 18.9. The average molecular weight is 401 g/mol. The van der Waals surface area contributed by atoms with Gasteiger partial charge >= 0.3 is 0 Å². The molecule has 3 rings (SSSR count). The number of carbonyl (C=O) groups is 1. The van der Waals surface area contributed by atoms with Crippen LogP contribution >= 0.6 is 11.6 Å². The van der Waals surface area contributed by atoms with Crippen molar-refractivity contribution in [1.82, 2.24) is 4.72 Å². The summed E-state index contributed by atoms with van der Waals surface area (Å²) < 4.78 is 53.8. The molecule has 0 unspecified atom stereocenters. The molecule has 2 aromatic carbocycles. The second-order valence-electron chi connectivity index (χ2n) is 5.88. The lowest BCUT2D eigenvalue weighted by atomic mass is 10.2. The lowest BCUT2D eigenvalue weighted by Gasteiger charge is -2.17. The van der Waals surface area contributed by atoms with Crippen LogP contribution in [0.2, 0.25) is 5.02 Å². The summed E-state index contributed by atoms with van der Waals surface area (Å²) in [4.78, 5) is 13.8. The lowest BCUT2D eigenvalue weighted by Crippen LogP contribution is -2.42. The van der Waals surface area contributed by atoms with Crippen molar-refractivity contribution in [2.75, 3.05) is 11.4 Å². The van der Waals surface area contributed by atoms with Crippen molar-refractivity contribution in [2.45, 2.75) is 18.2 Å². The van der Waals surface area contributed by atoms with Gasteiger partial charge in [0, 0.05) is 22.8 Å². The molecule has 1 saturated heterocycles. The number of carbonyl (C=O) groups excluding carboxylic acids is 1. The minimum Gasteiger partial charge on any atom is -0.311 e. The van der Waals surface area contributed by atoms with E-state index in [9.17, 15) is 22.0 Å². The summed E-state index contributed by atoms with van der Waals surface area (Å²) in [5.41, 5.74) is 0.331. The number of nitrogens with one attached hydrogen (secondary N) is 1. The topological polar surface area (TPSA) is 66.5 Å². The van der Waals surface area contributed by atoms with Gasteiger partial charge in [-0.15, -0.1) is 0 Å². The van der Waals surface area contributed by atoms with E-state index < -0.39 is 39.4 Å². The maximum Gasteiger partial charge on any atom is 0.245 e. The van der Waals surface area contributed by atoms with Crippen LogP contribution in [0.1, 0.15) is 12.0 Å². The van der Waals surface area contributed by atoms with Gasteiger partial charge in [-0.2, -0.15) is 0 Å². The molecule has 2 aromatic rings. The van der Waals surface area contributed by atoms with E-state index in [2.05, 4.69) is 4.72 Å². The SMILES string of the molecule is O=C1[C@H](NS(=O)(=O)Cc2c(F)cccc2Cl)CCN1c1ccc(F)cc1. The summed E-state index contributed by atoms with van der Waals surface area (Å²) in [7, 11) is -3.99. The quantitative estimate of drug-likeness (QED) is 0.839. The molecule has 0 saturated carbocycles. The Morgan fingerprint density at radius 2 is 1.85 bits per heavy atom. The Balaban J connectivity index is 1.72. The first-order valence-corrected chi connectivity index (χ1v) is 9.80. The monoisotopic (exact) mass is 400 g/mol. The Kier molecular flexibility index (Phi) is 5.27. The van der Waals surface area contributed by atoms with E-state index in [4.69, 9.17) is 11.6 Å². The van der Waals surface area contributed by atoms with E-state index >= 15 is 0 Å². The maximum atomic E-state index is 13.8. The summed E-state index contributed by atoms with van der Waals surface area (Å²) in [6, 6.07) is 8.27. The normalized spacial score (nSPS) is 17.7. The third kappa shape index (κ3) is 4.03. The highest BCUT2D eigenvalue weighted by molar-refractivity contribution is 7.88. The predicted molar refractivity (Wildman–Crippen MR) is 94.3 cm³/mol. The number of hydrogen-bond acceptors (Lipinski definition) is 3. The maximum absolute atomic E-state index is 13.8. The summed E-state index contributed by atoms with van der Waals surface area (Å²) in [6.45, 7) is 0.290. The molecule has 0 aliphatic carbocycles. The summed E-state index contributed by atoms with van der Waals surface area (Å²) in [6.07, 6.45) is 0.250. The standard InChI is InChI=1S/C17H15ClF2N2O3S/c18-14-2-1-3-15(20)13(14)10-26(24,25)21-16-8-9-22(17(16)23)12-6-4-11(19)5-7-12/h1-7,16,21H,8-10H2/t16-/m1/s1. The summed E-state index contributed by atoms with van der Waals surface area (Å²) >= 11 is 5.86. The van der Waals surface area contributed by atoms with Crippen LogP contribution in [-0.4, -0.2) is 26.9 Å². The molecule has 138 valence electrons. The van der Waals surface area contributed by atoms with Crippen LogP contribution < -0.4 is 9.62 Å². The van der Waals surface area contributed by atoms with Gasteiger partial charge in [-0.1, -0.05) is 17.7 Å². The molecule has 1 aliphatic heterocycles. The van der Waals surface area contributed by atoms with Gasteiger partial charge in [-0.05, 0) is 42.8 Å². The molecular formula is C17H15ClF2N2O3S. The molecule has 0 radical (unpaired) electrons. The van der Waals surface area contributed by atoms with E-state index in [1.165, 1.54) is 41.3 Å². The zero-order valence-corrected chi connectivity index (χ0v) is 15.0. The van der Waals surface area contributed by atoms with E-state index in [0.717, 1.165) is 6.07 Å². The van der Waals surface area contributed by atoms with Gasteiger partial charge in [0.1, 0.15) is 17.7 Å². The summed E-state index contributed by atoms with van der Waals surface area (Å²) in [5.74, 6) is -2.27. The first-order chi connectivity index (χ1) is 12.3. The minimum absolute atomic E-state index is 0.000984. The summed E-state index contributed by atoms with van der Waals surface area (Å²) in [5, 5.41) is 0.000984. The highest BCUT2D eigenvalue weighted by atomic mass is 35.5. The fourth-order valence-electron chi connectivity index (χ4n) is 2.79. The molecule has 1 N–H and O–H groups in total. The number of benzene rings is 2. The van der Waals surface area contributed by atoms with Gasteiger partial charge in [0.15, 0.2) is 0 Å². The zero-order valence-electron chi connectivity index (χ0n) is 13.5. The Labute approximate surface area is 154 Å². The molecular weight excluding hydrogens is 386 g/mol. The number of hydrogen-bond donors (Lipinski definition) is 1. The largest absolute Gasteiger partial charge is 0.311 e. The Hall–Kier alpha value is -2.03. The van der Waals surface area contributed by atoms with Gasteiger partial charge < -0.3 is 4.90 Å². The van der Waals surface area contributed by atoms with E-state index in [-0.39, 0.29) is 23.6 Å². The average Bonchev–Trinajstić information content (AvgIpc) is 2.92. The number of anilines is 1. The fourth-order valence-corrected chi connectivity index (χ4v) is 4.50. The number of halogens is 3. The molecule has 5 nitrogen and oxygen atoms in total. The number of nitrogens with zero attached hydrogens (tertiary/aromatic N) is 1. The van der Waals surface area contributed by atoms with E-state index in [1.807, 2.05) is 0 Å². The molecule has 26 heavy (non-hydrogen) atoms. The van der Waals surface area contributed by atoms with E-state index in [1.54, 1.807) is 0 Å². The van der Waals surface area contributed by atoms with Crippen LogP contribution in [0, 0.1) is 11.6 Å². The second-order valence-corrected chi connectivity index (χ2v) is 8.05. The van der Waals surface area contributed by atoms with Crippen LogP contribution in [0.15, 0.2) is 42.5 Å². The van der Waals surface area contributed by atoms with Crippen molar-refractivity contribution in [2.24, 2.45) is 0 Å². The first kappa shape index (κ1) is 18.8. The third-order valence-electron chi connectivity index (χ3n) is 4.06. The molecule has 1 fully saturated rings. The van der Waals surface area contributed by atoms with Gasteiger partial charge in [-0.25, -0.2) is 21.9 Å². The van der Waals surface area contributed by atoms with Gasteiger partial charge in [0.05, 0.1) is 5.75 Å². The van der Waals surface area contributed by atoms with Gasteiger partial charge in [0.25, 0.3) is 0 Å². The molecule has 0 spiro atoms. The first-order valence-electron chi connectivity index (χ1n) is 7.77. The van der Waals surface area contributed by atoms with Gasteiger partial charge in [0.2, 0.25) is 15.9 Å². The van der Waals surface area contributed by atoms with Gasteiger partial charge in [-0.3, -0.25) is 4.79 Å². The molecule has 1 aliphatic rings. The Morgan fingerprint density at radius 1 is 1.15 bits per heavy atom. The lowest BCUT2D eigenvalue weighted by molar-refractivity contribution is -0.118. The van der Waals surface area contributed by atoms with Crippen molar-refractivity contribution in [3.05, 3.63) is 64.7 Å². The second kappa shape index (κ2) is 7.30. The molecule has 0 bridgehead atoms. The Morgan fingerprint density at radius 3 is 2.50 bits per heavy atom. The fraction of sp³-hybridized carbons (Fsp3) is 0.235. The Bertz CT molecular complexity index is 915. The number of sulfonamides is 1. The van der Waals surface area contributed by atoms with Crippen molar-refractivity contribution < 1.29 is 22.0 Å². The highest BCUT2D eigenvalue weighted by Gasteiger charge is 2.35. The smallest absolute Gasteiger partial charge is 0.245 e. The van der Waals surface area contributed by atoms with Crippen molar-refractivity contribution >= 4 is 33.2 Å². The number of rotatable bonds is 5. The molecule has 9 heteroatoms. The third-order valence-corrected chi connectivity index (χ3v) is 5.73. The van der Waals surface area contributed by atoms with Crippen LogP contribution in [0.3, 0.4) is 0 Å². The van der Waals surface area contributed by atoms with Crippen molar-refractivity contribution in [3.63, 3.8) is 0 Å². The van der Waals surface area contributed by atoms with Crippen LogP contribution in [0.5, 0.6) is 0 Å². The minimum atomic E-state index is -3.99. The molecule has 1 amide bonds. The molecule has 1 heterocycles. The van der Waals surface area contributed by atoms with E-state index in [0.29, 0.717) is 5.69 Å². The molecule has 1 atom stereocenters. The predicted octanol–water partition coefficient (Wildman–Crippen LogP) is 2.84. The highest BCUT2D eigenvalue weighted by Crippen LogP contribution is 2.24. The van der Waals surface area contributed by atoms with Crippen molar-refractivity contribution in [1.29, 1.82) is 0 Å². The van der Waals surface area contributed by atoms with Crippen molar-refractivity contribution in [3.8, 4) is 0 Å². The number of amides is 1. The van der Waals surface area contributed by atoms with Crippen LogP contribution in [0.4, 0.5) is 14.5 Å². The molecule has 0 aromatic heterocycles. The van der Waals surface area contributed by atoms with Crippen LogP contribution in [-0.2, 0) is 20.6 Å². The van der Waals surface area contributed by atoms with Crippen LogP contribution in [0.25, 0.3) is 0 Å².